The Morgan fingerprint density at radius 2 is 2.19 bits per heavy atom. The largest absolute Gasteiger partial charge is 0.354 e. The molecular formula is C12H13N3S. The van der Waals surface area contributed by atoms with E-state index < -0.39 is 0 Å². The Hall–Kier alpha value is -1.42. The third-order valence-corrected chi connectivity index (χ3v) is 3.65. The zero-order valence-corrected chi connectivity index (χ0v) is 9.97. The van der Waals surface area contributed by atoms with E-state index in [9.17, 15) is 0 Å². The highest BCUT2D eigenvalue weighted by Crippen LogP contribution is 2.34. The highest BCUT2D eigenvalue weighted by molar-refractivity contribution is 7.08. The Kier molecular flexibility index (Phi) is 2.36. The minimum atomic E-state index is 0.736. The summed E-state index contributed by atoms with van der Waals surface area (Å²) in [6, 6.07) is 0. The summed E-state index contributed by atoms with van der Waals surface area (Å²) in [4.78, 5) is 8.92. The normalized spacial score (nSPS) is 13.1. The molecule has 2 aromatic heterocycles. The molecule has 0 saturated carbocycles. The average Bonchev–Trinajstić information content (AvgIpc) is 2.78. The molecule has 0 atom stereocenters. The van der Waals surface area contributed by atoms with Crippen molar-refractivity contribution in [2.75, 3.05) is 11.9 Å². The van der Waals surface area contributed by atoms with Gasteiger partial charge in [0.1, 0.15) is 0 Å². The van der Waals surface area contributed by atoms with Crippen molar-refractivity contribution < 1.29 is 0 Å². The van der Waals surface area contributed by atoms with Crippen molar-refractivity contribution in [2.24, 2.45) is 0 Å². The number of hydrogen-bond donors (Lipinski definition) is 1. The second-order valence-corrected chi connectivity index (χ2v) is 4.65. The van der Waals surface area contributed by atoms with Crippen molar-refractivity contribution in [1.29, 1.82) is 0 Å². The lowest BCUT2D eigenvalue weighted by atomic mass is 9.93. The Labute approximate surface area is 98.6 Å². The van der Waals surface area contributed by atoms with Gasteiger partial charge in [0.25, 0.3) is 0 Å². The Balaban J connectivity index is 2.11. The Morgan fingerprint density at radius 3 is 3.06 bits per heavy atom. The maximum Gasteiger partial charge on any atom is 0.223 e. The first-order valence-corrected chi connectivity index (χ1v) is 6.48. The first kappa shape index (κ1) is 9.78. The van der Waals surface area contributed by atoms with Crippen molar-refractivity contribution in [3.8, 4) is 11.3 Å². The van der Waals surface area contributed by atoms with Crippen molar-refractivity contribution in [1.82, 2.24) is 9.97 Å². The van der Waals surface area contributed by atoms with Gasteiger partial charge in [-0.05, 0) is 36.3 Å². The van der Waals surface area contributed by atoms with Gasteiger partial charge in [0.15, 0.2) is 0 Å². The molecule has 16 heavy (non-hydrogen) atoms. The van der Waals surface area contributed by atoms with Gasteiger partial charge in [-0.15, -0.1) is 0 Å². The van der Waals surface area contributed by atoms with Crippen LogP contribution in [0.1, 0.15) is 18.1 Å². The SMILES string of the molecule is CCNc1ncc2c(n1)-c1cscc1CC2. The molecule has 0 aromatic carbocycles. The lowest BCUT2D eigenvalue weighted by Gasteiger charge is -2.15. The van der Waals surface area contributed by atoms with Gasteiger partial charge in [-0.3, -0.25) is 0 Å². The van der Waals surface area contributed by atoms with Crippen molar-refractivity contribution in [3.63, 3.8) is 0 Å². The fourth-order valence-corrected chi connectivity index (χ4v) is 2.94. The maximum absolute atomic E-state index is 4.60. The summed E-state index contributed by atoms with van der Waals surface area (Å²) < 4.78 is 0. The van der Waals surface area contributed by atoms with E-state index in [1.807, 2.05) is 6.20 Å². The van der Waals surface area contributed by atoms with Crippen LogP contribution in [0.4, 0.5) is 5.95 Å². The molecule has 1 aliphatic carbocycles. The molecular weight excluding hydrogens is 218 g/mol. The zero-order chi connectivity index (χ0) is 11.0. The second-order valence-electron chi connectivity index (χ2n) is 3.91. The molecule has 3 rings (SSSR count). The third kappa shape index (κ3) is 1.50. The van der Waals surface area contributed by atoms with Crippen LogP contribution >= 0.6 is 11.3 Å². The molecule has 0 spiro atoms. The van der Waals surface area contributed by atoms with Crippen molar-refractivity contribution in [3.05, 3.63) is 28.1 Å². The summed E-state index contributed by atoms with van der Waals surface area (Å²) in [5.74, 6) is 0.736. The van der Waals surface area contributed by atoms with Gasteiger partial charge in [-0.25, -0.2) is 9.97 Å². The third-order valence-electron chi connectivity index (χ3n) is 2.86. The Bertz CT molecular complexity index is 519. The molecule has 0 amide bonds. The first-order valence-electron chi connectivity index (χ1n) is 5.53. The molecule has 1 N–H and O–H groups in total. The van der Waals surface area contributed by atoms with E-state index in [0.29, 0.717) is 0 Å². The summed E-state index contributed by atoms with van der Waals surface area (Å²) in [7, 11) is 0. The van der Waals surface area contributed by atoms with Crippen LogP contribution in [-0.4, -0.2) is 16.5 Å². The molecule has 0 saturated heterocycles. The van der Waals surface area contributed by atoms with Crippen LogP contribution in [0.25, 0.3) is 11.3 Å². The van der Waals surface area contributed by atoms with Gasteiger partial charge in [0, 0.05) is 23.7 Å². The van der Waals surface area contributed by atoms with E-state index in [2.05, 4.69) is 33.0 Å². The molecule has 2 heterocycles. The summed E-state index contributed by atoms with van der Waals surface area (Å²) in [6.45, 7) is 2.91. The maximum atomic E-state index is 4.60. The van der Waals surface area contributed by atoms with E-state index in [4.69, 9.17) is 0 Å². The molecule has 3 nitrogen and oxygen atoms in total. The second kappa shape index (κ2) is 3.87. The standard InChI is InChI=1S/C12H13N3S/c1-2-13-12-14-5-8-3-4-9-6-16-7-10(9)11(8)15-12/h5-7H,2-4H2,1H3,(H,13,14,15). The van der Waals surface area contributed by atoms with Crippen molar-refractivity contribution >= 4 is 17.3 Å². The number of fused-ring (bicyclic) bond motifs is 3. The first-order chi connectivity index (χ1) is 7.88. The Morgan fingerprint density at radius 1 is 1.31 bits per heavy atom. The molecule has 2 aromatic rings. The molecule has 0 bridgehead atoms. The number of nitrogens with one attached hydrogen (secondary N) is 1. The van der Waals surface area contributed by atoms with Crippen LogP contribution < -0.4 is 5.32 Å². The lowest BCUT2D eigenvalue weighted by molar-refractivity contribution is 0.914. The van der Waals surface area contributed by atoms with Gasteiger partial charge < -0.3 is 5.32 Å². The number of aromatic nitrogens is 2. The van der Waals surface area contributed by atoms with Crippen LogP contribution in [0.15, 0.2) is 17.0 Å². The van der Waals surface area contributed by atoms with E-state index >= 15 is 0 Å². The van der Waals surface area contributed by atoms with E-state index in [0.717, 1.165) is 31.0 Å². The fraction of sp³-hybridized carbons (Fsp3) is 0.333. The van der Waals surface area contributed by atoms with E-state index in [1.54, 1.807) is 11.3 Å². The quantitative estimate of drug-likeness (QED) is 0.863. The van der Waals surface area contributed by atoms with Crippen LogP contribution in [0.3, 0.4) is 0 Å². The van der Waals surface area contributed by atoms with Crippen LogP contribution in [0.5, 0.6) is 0 Å². The van der Waals surface area contributed by atoms with Gasteiger partial charge in [0.05, 0.1) is 5.69 Å². The topological polar surface area (TPSA) is 37.8 Å². The summed E-state index contributed by atoms with van der Waals surface area (Å²) >= 11 is 1.76. The molecule has 0 aliphatic heterocycles. The number of anilines is 1. The number of nitrogens with zero attached hydrogens (tertiary/aromatic N) is 2. The van der Waals surface area contributed by atoms with Crippen LogP contribution in [-0.2, 0) is 12.8 Å². The minimum Gasteiger partial charge on any atom is -0.354 e. The van der Waals surface area contributed by atoms with Crippen LogP contribution in [0.2, 0.25) is 0 Å². The minimum absolute atomic E-state index is 0.736. The number of rotatable bonds is 2. The lowest BCUT2D eigenvalue weighted by Crippen LogP contribution is -2.08. The summed E-state index contributed by atoms with van der Waals surface area (Å²) in [5.41, 5.74) is 5.12. The van der Waals surface area contributed by atoms with Crippen LogP contribution in [0, 0.1) is 0 Å². The van der Waals surface area contributed by atoms with Gasteiger partial charge in [-0.1, -0.05) is 0 Å². The number of thiophene rings is 1. The number of hydrogen-bond acceptors (Lipinski definition) is 4. The van der Waals surface area contributed by atoms with Gasteiger partial charge >= 0.3 is 0 Å². The summed E-state index contributed by atoms with van der Waals surface area (Å²) in [6.07, 6.45) is 4.14. The van der Waals surface area contributed by atoms with Gasteiger partial charge in [-0.2, -0.15) is 11.3 Å². The molecule has 4 heteroatoms. The van der Waals surface area contributed by atoms with Crippen molar-refractivity contribution in [2.45, 2.75) is 19.8 Å². The predicted octanol–water partition coefficient (Wildman–Crippen LogP) is 2.74. The highest BCUT2D eigenvalue weighted by atomic mass is 32.1. The molecule has 0 fully saturated rings. The average molecular weight is 231 g/mol. The summed E-state index contributed by atoms with van der Waals surface area (Å²) in [5, 5.41) is 7.58. The number of aryl methyl sites for hydroxylation is 2. The fourth-order valence-electron chi connectivity index (χ4n) is 2.06. The molecule has 0 radical (unpaired) electrons. The molecule has 82 valence electrons. The molecule has 0 unspecified atom stereocenters. The van der Waals surface area contributed by atoms with E-state index in [-0.39, 0.29) is 0 Å². The smallest absolute Gasteiger partial charge is 0.223 e. The highest BCUT2D eigenvalue weighted by Gasteiger charge is 2.18. The zero-order valence-electron chi connectivity index (χ0n) is 9.16. The predicted molar refractivity (Wildman–Crippen MR) is 66.9 cm³/mol. The van der Waals surface area contributed by atoms with E-state index in [1.165, 1.54) is 16.7 Å². The van der Waals surface area contributed by atoms with Gasteiger partial charge in [0.2, 0.25) is 5.95 Å². The molecule has 1 aliphatic rings. The monoisotopic (exact) mass is 231 g/mol.